The van der Waals surface area contributed by atoms with Crippen LogP contribution in [0.25, 0.3) is 0 Å². The molecule has 2 fully saturated rings. The van der Waals surface area contributed by atoms with Crippen molar-refractivity contribution in [1.29, 1.82) is 0 Å². The highest BCUT2D eigenvalue weighted by atomic mass is 16.8. The maximum Gasteiger partial charge on any atom is 0.305 e. The molecule has 0 aromatic rings. The van der Waals surface area contributed by atoms with E-state index in [1.807, 2.05) is 0 Å². The summed E-state index contributed by atoms with van der Waals surface area (Å²) in [5.74, 6) is -1.66. The molecule has 2 rings (SSSR count). The number of carbonyl (C=O) groups is 2. The Bertz CT molecular complexity index is 378. The molecule has 108 valence electrons. The van der Waals surface area contributed by atoms with Crippen LogP contribution in [-0.4, -0.2) is 48.9 Å². The summed E-state index contributed by atoms with van der Waals surface area (Å²) in [7, 11) is 0. The molecule has 0 aromatic carbocycles. The molecule has 7 heteroatoms. The monoisotopic (exact) mass is 274 g/mol. The maximum atomic E-state index is 11.0. The molecule has 0 amide bonds. The van der Waals surface area contributed by atoms with E-state index in [-0.39, 0.29) is 6.61 Å². The van der Waals surface area contributed by atoms with Gasteiger partial charge in [-0.2, -0.15) is 0 Å². The second kappa shape index (κ2) is 5.07. The first-order chi connectivity index (χ1) is 8.78. The van der Waals surface area contributed by atoms with E-state index in [9.17, 15) is 9.59 Å². The Labute approximate surface area is 111 Å². The van der Waals surface area contributed by atoms with Crippen molar-refractivity contribution in [3.8, 4) is 0 Å². The van der Waals surface area contributed by atoms with Gasteiger partial charge in [0.15, 0.2) is 11.9 Å². The number of ether oxygens (including phenoxy) is 5. The summed E-state index contributed by atoms with van der Waals surface area (Å²) in [5.41, 5.74) is 0. The van der Waals surface area contributed by atoms with Gasteiger partial charge in [-0.3, -0.25) is 9.59 Å². The lowest BCUT2D eigenvalue weighted by Gasteiger charge is -2.23. The van der Waals surface area contributed by atoms with E-state index >= 15 is 0 Å². The predicted octanol–water partition coefficient (Wildman–Crippen LogP) is 0.358. The highest BCUT2D eigenvalue weighted by Crippen LogP contribution is 2.39. The zero-order valence-electron chi connectivity index (χ0n) is 11.4. The summed E-state index contributed by atoms with van der Waals surface area (Å²) < 4.78 is 26.8. The van der Waals surface area contributed by atoms with Crippen molar-refractivity contribution in [2.24, 2.45) is 0 Å². The number of hydrogen-bond acceptors (Lipinski definition) is 7. The molecule has 0 spiro atoms. The van der Waals surface area contributed by atoms with E-state index in [2.05, 4.69) is 0 Å². The highest BCUT2D eigenvalue weighted by molar-refractivity contribution is 5.66. The molecule has 19 heavy (non-hydrogen) atoms. The van der Waals surface area contributed by atoms with Gasteiger partial charge in [-0.15, -0.1) is 0 Å². The minimum Gasteiger partial charge on any atom is -0.463 e. The molecule has 0 bridgehead atoms. The standard InChI is InChI=1S/C12H18O7/c1-6(13)15-5-8-9-10(19-12(3,4)18-9)11(17-8)16-7(2)14/h8-11H,5H2,1-4H3. The summed E-state index contributed by atoms with van der Waals surface area (Å²) in [5, 5.41) is 0. The quantitative estimate of drug-likeness (QED) is 0.687. The van der Waals surface area contributed by atoms with Gasteiger partial charge in [0.05, 0.1) is 0 Å². The number of hydrogen-bond donors (Lipinski definition) is 0. The molecule has 2 aliphatic heterocycles. The summed E-state index contributed by atoms with van der Waals surface area (Å²) in [6.45, 7) is 6.16. The van der Waals surface area contributed by atoms with E-state index in [0.29, 0.717) is 0 Å². The normalized spacial score (nSPS) is 35.8. The number of carbonyl (C=O) groups excluding carboxylic acids is 2. The van der Waals surface area contributed by atoms with Crippen LogP contribution in [0.1, 0.15) is 27.7 Å². The molecule has 2 aliphatic rings. The van der Waals surface area contributed by atoms with Crippen molar-refractivity contribution in [3.05, 3.63) is 0 Å². The fourth-order valence-corrected chi connectivity index (χ4v) is 2.23. The Morgan fingerprint density at radius 1 is 1.11 bits per heavy atom. The number of fused-ring (bicyclic) bond motifs is 1. The van der Waals surface area contributed by atoms with Crippen LogP contribution in [-0.2, 0) is 33.3 Å². The van der Waals surface area contributed by atoms with E-state index in [4.69, 9.17) is 23.7 Å². The third kappa shape index (κ3) is 3.23. The SMILES string of the molecule is CC(=O)OCC1OC(OC(C)=O)C2OC(C)(C)OC12. The lowest BCUT2D eigenvalue weighted by atomic mass is 10.1. The topological polar surface area (TPSA) is 80.3 Å². The smallest absolute Gasteiger partial charge is 0.305 e. The van der Waals surface area contributed by atoms with E-state index in [0.717, 1.165) is 0 Å². The van der Waals surface area contributed by atoms with Crippen LogP contribution in [0.2, 0.25) is 0 Å². The summed E-state index contributed by atoms with van der Waals surface area (Å²) in [6, 6.07) is 0. The molecule has 4 atom stereocenters. The van der Waals surface area contributed by atoms with Gasteiger partial charge < -0.3 is 23.7 Å². The first-order valence-corrected chi connectivity index (χ1v) is 6.10. The molecule has 0 radical (unpaired) electrons. The van der Waals surface area contributed by atoms with Gasteiger partial charge >= 0.3 is 11.9 Å². The largest absolute Gasteiger partial charge is 0.463 e. The fourth-order valence-electron chi connectivity index (χ4n) is 2.23. The van der Waals surface area contributed by atoms with Crippen LogP contribution in [0.4, 0.5) is 0 Å². The molecule has 4 unspecified atom stereocenters. The average molecular weight is 274 g/mol. The zero-order valence-corrected chi connectivity index (χ0v) is 11.4. The minimum absolute atomic E-state index is 0.0354. The molecule has 2 heterocycles. The summed E-state index contributed by atoms with van der Waals surface area (Å²) in [4.78, 5) is 21.9. The molecular formula is C12H18O7. The summed E-state index contributed by atoms with van der Waals surface area (Å²) >= 11 is 0. The van der Waals surface area contributed by atoms with E-state index < -0.39 is 42.3 Å². The Hall–Kier alpha value is -1.18. The van der Waals surface area contributed by atoms with Crippen LogP contribution in [0.15, 0.2) is 0 Å². The zero-order chi connectivity index (χ0) is 14.2. The van der Waals surface area contributed by atoms with Gasteiger partial charge in [0.1, 0.15) is 18.8 Å². The summed E-state index contributed by atoms with van der Waals surface area (Å²) in [6.07, 6.45) is -2.30. The number of esters is 2. The third-order valence-electron chi connectivity index (χ3n) is 2.84. The average Bonchev–Trinajstić information content (AvgIpc) is 2.70. The second-order valence-corrected chi connectivity index (χ2v) is 5.02. The molecule has 0 aromatic heterocycles. The van der Waals surface area contributed by atoms with Crippen molar-refractivity contribution in [2.75, 3.05) is 6.61 Å². The van der Waals surface area contributed by atoms with Crippen molar-refractivity contribution in [1.82, 2.24) is 0 Å². The van der Waals surface area contributed by atoms with Crippen LogP contribution in [0, 0.1) is 0 Å². The third-order valence-corrected chi connectivity index (χ3v) is 2.84. The predicted molar refractivity (Wildman–Crippen MR) is 60.9 cm³/mol. The molecule has 0 saturated carbocycles. The first-order valence-electron chi connectivity index (χ1n) is 6.10. The minimum atomic E-state index is -0.843. The van der Waals surface area contributed by atoms with Crippen molar-refractivity contribution in [2.45, 2.75) is 58.1 Å². The lowest BCUT2D eigenvalue weighted by Crippen LogP contribution is -2.33. The van der Waals surface area contributed by atoms with Gasteiger partial charge in [-0.05, 0) is 13.8 Å². The van der Waals surface area contributed by atoms with Crippen molar-refractivity contribution in [3.63, 3.8) is 0 Å². The van der Waals surface area contributed by atoms with Gasteiger partial charge in [0.2, 0.25) is 6.29 Å². The molecule has 7 nitrogen and oxygen atoms in total. The maximum absolute atomic E-state index is 11.0. The number of rotatable bonds is 3. The molecular weight excluding hydrogens is 256 g/mol. The molecule has 0 N–H and O–H groups in total. The molecule has 2 saturated heterocycles. The van der Waals surface area contributed by atoms with Crippen molar-refractivity contribution >= 4 is 11.9 Å². The molecule has 0 aliphatic carbocycles. The Morgan fingerprint density at radius 3 is 2.32 bits per heavy atom. The van der Waals surface area contributed by atoms with Crippen LogP contribution < -0.4 is 0 Å². The lowest BCUT2D eigenvalue weighted by molar-refractivity contribution is -0.234. The van der Waals surface area contributed by atoms with E-state index in [1.165, 1.54) is 13.8 Å². The van der Waals surface area contributed by atoms with Crippen LogP contribution >= 0.6 is 0 Å². The Kier molecular flexibility index (Phi) is 3.80. The van der Waals surface area contributed by atoms with Gasteiger partial charge in [0, 0.05) is 13.8 Å². The second-order valence-electron chi connectivity index (χ2n) is 5.02. The Balaban J connectivity index is 2.05. The van der Waals surface area contributed by atoms with Crippen LogP contribution in [0.5, 0.6) is 0 Å². The fraction of sp³-hybridized carbons (Fsp3) is 0.833. The first kappa shape index (κ1) is 14.2. The van der Waals surface area contributed by atoms with Gasteiger partial charge in [-0.25, -0.2) is 0 Å². The Morgan fingerprint density at radius 2 is 1.74 bits per heavy atom. The van der Waals surface area contributed by atoms with Gasteiger partial charge in [0.25, 0.3) is 0 Å². The van der Waals surface area contributed by atoms with E-state index in [1.54, 1.807) is 13.8 Å². The highest BCUT2D eigenvalue weighted by Gasteiger charge is 2.56. The van der Waals surface area contributed by atoms with Gasteiger partial charge in [-0.1, -0.05) is 0 Å². The van der Waals surface area contributed by atoms with Crippen molar-refractivity contribution < 1.29 is 33.3 Å². The van der Waals surface area contributed by atoms with Crippen LogP contribution in [0.3, 0.4) is 0 Å².